The van der Waals surface area contributed by atoms with E-state index in [-0.39, 0.29) is 0 Å². The van der Waals surface area contributed by atoms with Gasteiger partial charge in [-0.05, 0) is 71.4 Å². The molecule has 2 aliphatic rings. The third-order valence-electron chi connectivity index (χ3n) is 6.14. The van der Waals surface area contributed by atoms with Gasteiger partial charge in [-0.2, -0.15) is 0 Å². The van der Waals surface area contributed by atoms with Gasteiger partial charge in [-0.15, -0.1) is 0 Å². The molecule has 0 N–H and O–H groups in total. The Morgan fingerprint density at radius 3 is 2.41 bits per heavy atom. The van der Waals surface area contributed by atoms with Gasteiger partial charge in [0.15, 0.2) is 8.32 Å². The average molecular weight is 397 g/mol. The van der Waals surface area contributed by atoms with Crippen LogP contribution in [0.25, 0.3) is 17.2 Å². The van der Waals surface area contributed by atoms with Gasteiger partial charge in [-0.25, -0.2) is 0 Å². The molecular formula is C27H28OSi. The minimum absolute atomic E-state index is 0.348. The Labute approximate surface area is 175 Å². The zero-order valence-corrected chi connectivity index (χ0v) is 18.5. The molecule has 0 radical (unpaired) electrons. The van der Waals surface area contributed by atoms with Gasteiger partial charge in [-0.1, -0.05) is 78.4 Å². The zero-order valence-electron chi connectivity index (χ0n) is 17.5. The van der Waals surface area contributed by atoms with Crippen molar-refractivity contribution in [1.82, 2.24) is 0 Å². The minimum Gasteiger partial charge on any atom is -0.417 e. The molecule has 0 aromatic heterocycles. The first-order chi connectivity index (χ1) is 14.0. The Morgan fingerprint density at radius 2 is 1.55 bits per heavy atom. The molecule has 0 aliphatic heterocycles. The van der Waals surface area contributed by atoms with Crippen LogP contribution >= 0.6 is 0 Å². The van der Waals surface area contributed by atoms with E-state index in [4.69, 9.17) is 4.43 Å². The number of benzene rings is 3. The smallest absolute Gasteiger partial charge is 0.183 e. The maximum absolute atomic E-state index is 6.22. The van der Waals surface area contributed by atoms with Crippen LogP contribution in [0.3, 0.4) is 0 Å². The van der Waals surface area contributed by atoms with Crippen molar-refractivity contribution >= 4 is 14.4 Å². The lowest BCUT2D eigenvalue weighted by Gasteiger charge is -2.23. The molecule has 1 nitrogen and oxygen atoms in total. The van der Waals surface area contributed by atoms with Crippen molar-refractivity contribution in [3.05, 3.63) is 100 Å². The summed E-state index contributed by atoms with van der Waals surface area (Å²) in [6.45, 7) is 7.62. The van der Waals surface area contributed by atoms with Crippen molar-refractivity contribution in [1.29, 1.82) is 0 Å². The Kier molecular flexibility index (Phi) is 4.57. The molecule has 3 aromatic rings. The summed E-state index contributed by atoms with van der Waals surface area (Å²) < 4.78 is 6.22. The second-order valence-electron chi connectivity index (χ2n) is 9.20. The van der Waals surface area contributed by atoms with Crippen molar-refractivity contribution in [2.75, 3.05) is 6.61 Å². The van der Waals surface area contributed by atoms with Crippen LogP contribution in [0.15, 0.2) is 72.3 Å². The minimum atomic E-state index is -1.50. The highest BCUT2D eigenvalue weighted by atomic mass is 28.4. The summed E-state index contributed by atoms with van der Waals surface area (Å²) in [7, 11) is -1.50. The van der Waals surface area contributed by atoms with Gasteiger partial charge in [0.1, 0.15) is 0 Å². The lowest BCUT2D eigenvalue weighted by molar-refractivity contribution is 0.314. The Morgan fingerprint density at radius 1 is 0.828 bits per heavy atom. The summed E-state index contributed by atoms with van der Waals surface area (Å²) in [6, 6.07) is 24.7. The Bertz CT molecular complexity index is 1100. The van der Waals surface area contributed by atoms with Crippen LogP contribution in [0.5, 0.6) is 0 Å². The fraction of sp³-hybridized carbons (Fsp3) is 0.259. The van der Waals surface area contributed by atoms with E-state index >= 15 is 0 Å². The van der Waals surface area contributed by atoms with E-state index in [1.165, 1.54) is 44.5 Å². The van der Waals surface area contributed by atoms with Gasteiger partial charge in [0.2, 0.25) is 0 Å². The summed E-state index contributed by atoms with van der Waals surface area (Å²) in [5.41, 5.74) is 11.6. The van der Waals surface area contributed by atoms with E-state index in [9.17, 15) is 0 Å². The number of fused-ring (bicyclic) bond motifs is 4. The van der Waals surface area contributed by atoms with E-state index in [0.29, 0.717) is 5.92 Å². The van der Waals surface area contributed by atoms with Gasteiger partial charge in [-0.3, -0.25) is 0 Å². The van der Waals surface area contributed by atoms with Crippen LogP contribution in [-0.4, -0.2) is 14.9 Å². The Balaban J connectivity index is 1.55. The second kappa shape index (κ2) is 7.12. The highest BCUT2D eigenvalue weighted by Gasteiger charge is 2.31. The molecule has 0 saturated heterocycles. The predicted octanol–water partition coefficient (Wildman–Crippen LogP) is 7.03. The van der Waals surface area contributed by atoms with Crippen molar-refractivity contribution in [3.8, 4) is 11.1 Å². The van der Waals surface area contributed by atoms with Crippen molar-refractivity contribution in [2.24, 2.45) is 0 Å². The van der Waals surface area contributed by atoms with Crippen molar-refractivity contribution in [3.63, 3.8) is 0 Å². The molecule has 2 heteroatoms. The largest absolute Gasteiger partial charge is 0.417 e. The van der Waals surface area contributed by atoms with E-state index in [1.807, 2.05) is 0 Å². The highest BCUT2D eigenvalue weighted by Crippen LogP contribution is 2.47. The number of rotatable bonds is 5. The molecule has 146 valence electrons. The zero-order chi connectivity index (χ0) is 20.0. The van der Waals surface area contributed by atoms with Crippen molar-refractivity contribution in [2.45, 2.75) is 38.4 Å². The fourth-order valence-corrected chi connectivity index (χ4v) is 5.61. The molecule has 29 heavy (non-hydrogen) atoms. The molecule has 2 aliphatic carbocycles. The third kappa shape index (κ3) is 3.41. The first-order valence-corrected chi connectivity index (χ1v) is 14.1. The van der Waals surface area contributed by atoms with Gasteiger partial charge in [0.05, 0.1) is 0 Å². The third-order valence-corrected chi connectivity index (χ3v) is 7.21. The molecular weight excluding hydrogens is 368 g/mol. The van der Waals surface area contributed by atoms with Crippen LogP contribution in [-0.2, 0) is 10.8 Å². The quantitative estimate of drug-likeness (QED) is 0.329. The number of hydrogen-bond acceptors (Lipinski definition) is 1. The first-order valence-electron chi connectivity index (χ1n) is 10.6. The van der Waals surface area contributed by atoms with E-state index in [1.54, 1.807) is 0 Å². The molecule has 0 bridgehead atoms. The molecule has 0 saturated carbocycles. The fourth-order valence-electron chi connectivity index (χ4n) is 4.90. The molecule has 1 unspecified atom stereocenters. The lowest BCUT2D eigenvalue weighted by Crippen LogP contribution is -2.26. The van der Waals surface area contributed by atoms with Gasteiger partial charge in [0, 0.05) is 12.5 Å². The first kappa shape index (κ1) is 18.6. The summed E-state index contributed by atoms with van der Waals surface area (Å²) in [5, 5.41) is 0. The summed E-state index contributed by atoms with van der Waals surface area (Å²) in [5.74, 6) is 0.348. The second-order valence-corrected chi connectivity index (χ2v) is 13.7. The van der Waals surface area contributed by atoms with E-state index in [2.05, 4.69) is 92.4 Å². The molecule has 5 rings (SSSR count). The topological polar surface area (TPSA) is 9.23 Å². The molecule has 3 aromatic carbocycles. The molecule has 0 fully saturated rings. The van der Waals surface area contributed by atoms with Gasteiger partial charge >= 0.3 is 0 Å². The van der Waals surface area contributed by atoms with Crippen LogP contribution in [0, 0.1) is 0 Å². The SMILES string of the molecule is C[Si](C)(C)OCCC1=Cc2ccccc2C1c1cccc2c1Cc1ccccc1-2. The van der Waals surface area contributed by atoms with Crippen LogP contribution in [0.1, 0.15) is 40.2 Å². The van der Waals surface area contributed by atoms with Crippen molar-refractivity contribution < 1.29 is 4.43 Å². The van der Waals surface area contributed by atoms with E-state index in [0.717, 1.165) is 19.4 Å². The monoisotopic (exact) mass is 396 g/mol. The average Bonchev–Trinajstić information content (AvgIpc) is 3.25. The van der Waals surface area contributed by atoms with Crippen LogP contribution < -0.4 is 0 Å². The lowest BCUT2D eigenvalue weighted by atomic mass is 9.83. The highest BCUT2D eigenvalue weighted by molar-refractivity contribution is 6.69. The molecule has 0 heterocycles. The van der Waals surface area contributed by atoms with Gasteiger partial charge in [0.25, 0.3) is 0 Å². The standard InChI is InChI=1S/C27H28OSi/c1-29(2,3)28-16-15-21-17-19-9-5-7-12-23(19)27(21)25-14-8-13-24-22-11-6-4-10-20(22)18-26(24)25/h4-14,17,27H,15-16,18H2,1-3H3. The summed E-state index contributed by atoms with van der Waals surface area (Å²) in [6.07, 6.45) is 4.45. The maximum Gasteiger partial charge on any atom is 0.183 e. The maximum atomic E-state index is 6.22. The molecule has 0 amide bonds. The Hall–Kier alpha value is -2.42. The summed E-state index contributed by atoms with van der Waals surface area (Å²) >= 11 is 0. The van der Waals surface area contributed by atoms with Crippen LogP contribution in [0.2, 0.25) is 19.6 Å². The summed E-state index contributed by atoms with van der Waals surface area (Å²) in [4.78, 5) is 0. The predicted molar refractivity (Wildman–Crippen MR) is 125 cm³/mol. The van der Waals surface area contributed by atoms with E-state index < -0.39 is 8.32 Å². The normalized spacial score (nSPS) is 16.9. The molecule has 1 atom stereocenters. The van der Waals surface area contributed by atoms with Gasteiger partial charge < -0.3 is 4.43 Å². The van der Waals surface area contributed by atoms with Crippen LogP contribution in [0.4, 0.5) is 0 Å². The number of hydrogen-bond donors (Lipinski definition) is 0. The molecule has 0 spiro atoms.